The van der Waals surface area contributed by atoms with E-state index in [9.17, 15) is 0 Å². The number of hydrogen-bond donors (Lipinski definition) is 0. The summed E-state index contributed by atoms with van der Waals surface area (Å²) in [5.74, 6) is 8.40. The van der Waals surface area contributed by atoms with Crippen LogP contribution in [-0.2, 0) is 45.0 Å². The van der Waals surface area contributed by atoms with Crippen molar-refractivity contribution in [3.05, 3.63) is 324 Å². The lowest BCUT2D eigenvalue weighted by atomic mass is 10.1. The predicted molar refractivity (Wildman–Crippen MR) is 486 cm³/mol. The van der Waals surface area contributed by atoms with E-state index in [-0.39, 0.29) is 39.6 Å². The SMILES string of the molecule is CCCC(C)COc1cc(COc2cc(COc3cc(CBr)cc(OCc4cc(OCc5cc(OCC(C)CCC)cc(OCC(C)CCC)c5)cc(OCc5cccc(N(c6ccccc6)c6cccc7ccccc67)c5)c4)c3)cc(OCc3cccc(N(c4ccccc4)c4cccc5ccccc45)c3)c2)cc(OCC(C)CCC)c1. The molecule has 4 atom stereocenters. The van der Waals surface area contributed by atoms with Crippen molar-refractivity contribution in [2.75, 3.05) is 36.2 Å². The standard InChI is InChI=1S/C105H113BrN2O10/c1-9-27-75(5)65-109-94-51-82(52-95(60-94)110-66-76(6)28-10-2)73-117-100-57-84(55-98(62-100)113-69-79-31-23-41-90(47-79)107(88-37-15-13-16-38-88)104-45-25-35-86-33-19-21-43-102(86)104)71-115-92-49-81(64-106)50-93(59-92)116-72-85-56-99(63-101(58-85)118-74-83-53-96(111-67-77(7)29-11-3)61-97(54-83)112-68-78(8)30-12-4)114-70-80-32-24-42-91(48-80)108(89-39-17-14-18-40-89)105-46-26-36-87-34-20-22-44-103(87)105/h13-26,31-63,75-78H,9-12,27-30,64-74H2,1-8H3. The van der Waals surface area contributed by atoms with E-state index in [1.807, 2.05) is 66.7 Å². The normalized spacial score (nSPS) is 12.3. The Morgan fingerprint density at radius 3 is 0.780 bits per heavy atom. The summed E-state index contributed by atoms with van der Waals surface area (Å²) < 4.78 is 66.9. The highest BCUT2D eigenvalue weighted by Gasteiger charge is 2.21. The first kappa shape index (κ1) is 84.4. The topological polar surface area (TPSA) is 98.8 Å². The molecule has 13 heteroatoms. The summed E-state index contributed by atoms with van der Waals surface area (Å²) in [6.45, 7) is 21.7. The average molecular weight is 1640 g/mol. The highest BCUT2D eigenvalue weighted by Crippen LogP contribution is 2.43. The Labute approximate surface area is 707 Å². The second-order valence-electron chi connectivity index (χ2n) is 31.4. The highest BCUT2D eigenvalue weighted by molar-refractivity contribution is 9.08. The molecule has 0 saturated carbocycles. The van der Waals surface area contributed by atoms with Gasteiger partial charge in [-0.25, -0.2) is 0 Å². The van der Waals surface area contributed by atoms with Gasteiger partial charge in [0.15, 0.2) is 0 Å². The van der Waals surface area contributed by atoms with E-state index in [1.54, 1.807) is 0 Å². The summed E-state index contributed by atoms with van der Waals surface area (Å²) in [4.78, 5) is 4.63. The lowest BCUT2D eigenvalue weighted by Crippen LogP contribution is -2.11. The van der Waals surface area contributed by atoms with Crippen molar-refractivity contribution in [2.24, 2.45) is 23.7 Å². The van der Waals surface area contributed by atoms with Gasteiger partial charge in [-0.15, -0.1) is 0 Å². The van der Waals surface area contributed by atoms with Crippen molar-refractivity contribution in [3.8, 4) is 57.5 Å². The zero-order chi connectivity index (χ0) is 81.8. The summed E-state index contributed by atoms with van der Waals surface area (Å²) in [6.07, 6.45) is 8.72. The predicted octanol–water partition coefficient (Wildman–Crippen LogP) is 28.6. The van der Waals surface area contributed by atoms with Gasteiger partial charge in [0.05, 0.1) is 37.8 Å². The van der Waals surface area contributed by atoms with E-state index in [2.05, 4.69) is 300 Å². The zero-order valence-corrected chi connectivity index (χ0v) is 71.3. The Balaban J connectivity index is 0.778. The Morgan fingerprint density at radius 2 is 0.483 bits per heavy atom. The summed E-state index contributed by atoms with van der Waals surface area (Å²) in [5, 5.41) is 5.21. The van der Waals surface area contributed by atoms with E-state index in [0.29, 0.717) is 89.9 Å². The summed E-state index contributed by atoms with van der Waals surface area (Å²) >= 11 is 3.78. The molecular formula is C105H113BrN2O10. The first-order chi connectivity index (χ1) is 57.8. The van der Waals surface area contributed by atoms with Crippen LogP contribution in [0.2, 0.25) is 0 Å². The lowest BCUT2D eigenvalue weighted by Gasteiger charge is -2.27. The van der Waals surface area contributed by atoms with E-state index in [0.717, 1.165) is 158 Å². The van der Waals surface area contributed by atoms with Crippen LogP contribution in [0.3, 0.4) is 0 Å². The number of ether oxygens (including phenoxy) is 10. The van der Waals surface area contributed by atoms with E-state index in [4.69, 9.17) is 47.4 Å². The number of para-hydroxylation sites is 2. The quantitative estimate of drug-likeness (QED) is 0.0340. The van der Waals surface area contributed by atoms with Crippen LogP contribution in [-0.4, -0.2) is 26.4 Å². The van der Waals surface area contributed by atoms with Crippen LogP contribution in [0, 0.1) is 23.7 Å². The van der Waals surface area contributed by atoms with Gasteiger partial charge in [-0.2, -0.15) is 0 Å². The fourth-order valence-corrected chi connectivity index (χ4v) is 15.4. The molecule has 0 radical (unpaired) electrons. The number of fused-ring (bicyclic) bond motifs is 2. The van der Waals surface area contributed by atoms with Gasteiger partial charge in [-0.05, 0) is 220 Å². The van der Waals surface area contributed by atoms with Gasteiger partial charge < -0.3 is 57.2 Å². The second-order valence-corrected chi connectivity index (χ2v) is 32.0. The molecule has 0 aliphatic carbocycles. The molecular weight excluding hydrogens is 1530 g/mol. The zero-order valence-electron chi connectivity index (χ0n) is 69.7. The van der Waals surface area contributed by atoms with E-state index >= 15 is 0 Å². The van der Waals surface area contributed by atoms with Gasteiger partial charge in [0, 0.05) is 69.2 Å². The van der Waals surface area contributed by atoms with Gasteiger partial charge in [0.1, 0.15) is 97.1 Å². The monoisotopic (exact) mass is 1640 g/mol. The molecule has 13 aromatic carbocycles. The van der Waals surface area contributed by atoms with Crippen LogP contribution in [0.5, 0.6) is 57.5 Å². The number of hydrogen-bond acceptors (Lipinski definition) is 12. The number of rotatable bonds is 45. The Morgan fingerprint density at radius 1 is 0.237 bits per heavy atom. The van der Waals surface area contributed by atoms with E-state index in [1.165, 1.54) is 10.8 Å². The number of alkyl halides is 1. The largest absolute Gasteiger partial charge is 0.493 e. The minimum Gasteiger partial charge on any atom is -0.493 e. The van der Waals surface area contributed by atoms with Gasteiger partial charge in [0.2, 0.25) is 0 Å². The molecule has 13 aromatic rings. The molecule has 13 rings (SSSR count). The Hall–Kier alpha value is -11.5. The average Bonchev–Trinajstić information content (AvgIpc) is 0.781. The number of nitrogens with zero attached hydrogens (tertiary/aromatic N) is 2. The Bertz CT molecular complexity index is 4930. The molecule has 0 saturated heterocycles. The Kier molecular flexibility index (Phi) is 30.8. The first-order valence-corrected chi connectivity index (χ1v) is 43.3. The molecule has 0 aromatic heterocycles. The molecule has 0 amide bonds. The first-order valence-electron chi connectivity index (χ1n) is 42.2. The van der Waals surface area contributed by atoms with Crippen LogP contribution >= 0.6 is 15.9 Å². The fourth-order valence-electron chi connectivity index (χ4n) is 15.0. The van der Waals surface area contributed by atoms with E-state index < -0.39 is 0 Å². The van der Waals surface area contributed by atoms with Gasteiger partial charge in [0.25, 0.3) is 0 Å². The molecule has 0 N–H and O–H groups in total. The smallest absolute Gasteiger partial charge is 0.123 e. The maximum absolute atomic E-state index is 6.86. The van der Waals surface area contributed by atoms with Crippen molar-refractivity contribution >= 4 is 71.6 Å². The fraction of sp³-hybridized carbons (Fsp3) is 0.295. The number of benzene rings is 13. The van der Waals surface area contributed by atoms with Crippen LogP contribution in [0.4, 0.5) is 34.1 Å². The molecule has 610 valence electrons. The molecule has 0 spiro atoms. The third kappa shape index (κ3) is 24.3. The molecule has 0 fully saturated rings. The van der Waals surface area contributed by atoms with Crippen LogP contribution in [0.25, 0.3) is 21.5 Å². The molecule has 4 unspecified atom stereocenters. The van der Waals surface area contributed by atoms with Crippen LogP contribution in [0.15, 0.2) is 285 Å². The second kappa shape index (κ2) is 43.1. The summed E-state index contributed by atoms with van der Waals surface area (Å²) in [6, 6.07) is 98.5. The minimum absolute atomic E-state index is 0.188. The van der Waals surface area contributed by atoms with Crippen molar-refractivity contribution < 1.29 is 47.4 Å². The van der Waals surface area contributed by atoms with Crippen molar-refractivity contribution in [1.29, 1.82) is 0 Å². The number of halogens is 1. The van der Waals surface area contributed by atoms with Crippen molar-refractivity contribution in [2.45, 2.75) is 152 Å². The maximum Gasteiger partial charge on any atom is 0.123 e. The maximum atomic E-state index is 6.86. The summed E-state index contributed by atoms with van der Waals surface area (Å²) in [5.41, 5.74) is 12.8. The van der Waals surface area contributed by atoms with Gasteiger partial charge in [-0.3, -0.25) is 0 Å². The molecule has 0 aliphatic heterocycles. The highest BCUT2D eigenvalue weighted by atomic mass is 79.9. The third-order valence-corrected chi connectivity index (χ3v) is 21.6. The third-order valence-electron chi connectivity index (χ3n) is 20.9. The molecule has 0 heterocycles. The van der Waals surface area contributed by atoms with Gasteiger partial charge >= 0.3 is 0 Å². The van der Waals surface area contributed by atoms with Crippen LogP contribution in [0.1, 0.15) is 146 Å². The minimum atomic E-state index is 0.188. The van der Waals surface area contributed by atoms with Crippen LogP contribution < -0.4 is 57.2 Å². The van der Waals surface area contributed by atoms with Crippen molar-refractivity contribution in [3.63, 3.8) is 0 Å². The van der Waals surface area contributed by atoms with Crippen molar-refractivity contribution in [1.82, 2.24) is 0 Å². The molecule has 0 bridgehead atoms. The molecule has 118 heavy (non-hydrogen) atoms. The molecule has 0 aliphatic rings. The number of anilines is 6. The van der Waals surface area contributed by atoms with Gasteiger partial charge in [-0.1, -0.05) is 230 Å². The summed E-state index contributed by atoms with van der Waals surface area (Å²) in [7, 11) is 0. The molecule has 12 nitrogen and oxygen atoms in total. The lowest BCUT2D eigenvalue weighted by molar-refractivity contribution is 0.237.